The third-order valence-corrected chi connectivity index (χ3v) is 4.21. The molecular formula is C17H20BrFN2. The summed E-state index contributed by atoms with van der Waals surface area (Å²) in [4.78, 5) is 0. The van der Waals surface area contributed by atoms with E-state index >= 15 is 0 Å². The normalized spacial score (nSPS) is 12.5. The summed E-state index contributed by atoms with van der Waals surface area (Å²) in [7, 11) is 0. The van der Waals surface area contributed by atoms with Gasteiger partial charge in [-0.3, -0.25) is 11.3 Å². The molecule has 2 aromatic carbocycles. The Bertz CT molecular complexity index is 632. The SMILES string of the molecule is Cc1cc(C)c(C(Cc2cc(Br)ccc2F)NN)c(C)c1. The van der Waals surface area contributed by atoms with Crippen molar-refractivity contribution < 1.29 is 4.39 Å². The maximum Gasteiger partial charge on any atom is 0.126 e. The Morgan fingerprint density at radius 1 is 1.14 bits per heavy atom. The van der Waals surface area contributed by atoms with Crippen molar-refractivity contribution in [2.45, 2.75) is 33.2 Å². The highest BCUT2D eigenvalue weighted by Crippen LogP contribution is 2.27. The number of hydrogen-bond acceptors (Lipinski definition) is 2. The average Bonchev–Trinajstić information content (AvgIpc) is 2.40. The highest BCUT2D eigenvalue weighted by Gasteiger charge is 2.17. The van der Waals surface area contributed by atoms with Crippen LogP contribution in [0.1, 0.15) is 33.9 Å². The van der Waals surface area contributed by atoms with Gasteiger partial charge in [0.15, 0.2) is 0 Å². The van der Waals surface area contributed by atoms with E-state index in [1.807, 2.05) is 0 Å². The Balaban J connectivity index is 2.39. The molecule has 3 N–H and O–H groups in total. The van der Waals surface area contributed by atoms with Crippen LogP contribution in [0.4, 0.5) is 4.39 Å². The number of nitrogens with one attached hydrogen (secondary N) is 1. The fraction of sp³-hybridized carbons (Fsp3) is 0.294. The second-order valence-electron chi connectivity index (χ2n) is 5.47. The molecule has 0 saturated heterocycles. The van der Waals surface area contributed by atoms with Crippen LogP contribution >= 0.6 is 15.9 Å². The number of nitrogens with two attached hydrogens (primary N) is 1. The van der Waals surface area contributed by atoms with Gasteiger partial charge in [-0.1, -0.05) is 33.6 Å². The number of benzene rings is 2. The zero-order chi connectivity index (χ0) is 15.6. The van der Waals surface area contributed by atoms with Crippen molar-refractivity contribution in [3.63, 3.8) is 0 Å². The highest BCUT2D eigenvalue weighted by atomic mass is 79.9. The van der Waals surface area contributed by atoms with Gasteiger partial charge in [0.25, 0.3) is 0 Å². The Labute approximate surface area is 133 Å². The molecule has 2 aromatic rings. The minimum atomic E-state index is -0.208. The molecule has 0 aromatic heterocycles. The van der Waals surface area contributed by atoms with Crippen LogP contribution < -0.4 is 11.3 Å². The summed E-state index contributed by atoms with van der Waals surface area (Å²) in [5, 5.41) is 0. The van der Waals surface area contributed by atoms with Crippen LogP contribution in [0.5, 0.6) is 0 Å². The van der Waals surface area contributed by atoms with Gasteiger partial charge in [0, 0.05) is 4.47 Å². The largest absolute Gasteiger partial charge is 0.271 e. The predicted octanol–water partition coefficient (Wildman–Crippen LogP) is 4.26. The maximum absolute atomic E-state index is 14.0. The molecule has 0 fully saturated rings. The van der Waals surface area contributed by atoms with Crippen molar-refractivity contribution in [2.24, 2.45) is 5.84 Å². The van der Waals surface area contributed by atoms with E-state index in [0.29, 0.717) is 12.0 Å². The van der Waals surface area contributed by atoms with Crippen LogP contribution in [-0.4, -0.2) is 0 Å². The van der Waals surface area contributed by atoms with Gasteiger partial charge in [0.05, 0.1) is 6.04 Å². The van der Waals surface area contributed by atoms with Crippen LogP contribution in [0.3, 0.4) is 0 Å². The molecule has 0 bridgehead atoms. The lowest BCUT2D eigenvalue weighted by atomic mass is 9.90. The molecule has 1 atom stereocenters. The lowest BCUT2D eigenvalue weighted by Gasteiger charge is -2.22. The van der Waals surface area contributed by atoms with Gasteiger partial charge < -0.3 is 0 Å². The maximum atomic E-state index is 14.0. The fourth-order valence-corrected chi connectivity index (χ4v) is 3.31. The molecule has 0 aliphatic heterocycles. The summed E-state index contributed by atoms with van der Waals surface area (Å²) in [6.45, 7) is 6.20. The highest BCUT2D eigenvalue weighted by molar-refractivity contribution is 9.10. The Morgan fingerprint density at radius 3 is 2.33 bits per heavy atom. The summed E-state index contributed by atoms with van der Waals surface area (Å²) >= 11 is 3.38. The summed E-state index contributed by atoms with van der Waals surface area (Å²) in [5.74, 6) is 5.52. The monoisotopic (exact) mass is 350 g/mol. The van der Waals surface area contributed by atoms with Gasteiger partial charge in [-0.15, -0.1) is 0 Å². The van der Waals surface area contributed by atoms with Crippen LogP contribution in [0.2, 0.25) is 0 Å². The topological polar surface area (TPSA) is 38.0 Å². The van der Waals surface area contributed by atoms with Gasteiger partial charge in [-0.2, -0.15) is 0 Å². The minimum Gasteiger partial charge on any atom is -0.271 e. The van der Waals surface area contributed by atoms with Crippen molar-refractivity contribution >= 4 is 15.9 Å². The molecular weight excluding hydrogens is 331 g/mol. The van der Waals surface area contributed by atoms with E-state index in [0.717, 1.165) is 10.0 Å². The minimum absolute atomic E-state index is 0.116. The fourth-order valence-electron chi connectivity index (χ4n) is 2.90. The lowest BCUT2D eigenvalue weighted by molar-refractivity contribution is 0.525. The average molecular weight is 351 g/mol. The zero-order valence-corrected chi connectivity index (χ0v) is 14.1. The molecule has 0 aliphatic rings. The van der Waals surface area contributed by atoms with Crippen LogP contribution in [-0.2, 0) is 6.42 Å². The molecule has 0 saturated carbocycles. The number of aryl methyl sites for hydroxylation is 3. The first-order valence-corrected chi connectivity index (χ1v) is 7.69. The summed E-state index contributed by atoms with van der Waals surface area (Å²) in [5.41, 5.74) is 8.18. The third-order valence-electron chi connectivity index (χ3n) is 3.72. The van der Waals surface area contributed by atoms with Crippen molar-refractivity contribution in [1.82, 2.24) is 5.43 Å². The smallest absolute Gasteiger partial charge is 0.126 e. The predicted molar refractivity (Wildman–Crippen MR) is 88.5 cm³/mol. The van der Waals surface area contributed by atoms with Gasteiger partial charge >= 0.3 is 0 Å². The van der Waals surface area contributed by atoms with Gasteiger partial charge in [0.2, 0.25) is 0 Å². The Kier molecular flexibility index (Phi) is 5.14. The first-order valence-electron chi connectivity index (χ1n) is 6.90. The molecule has 2 rings (SSSR count). The van der Waals surface area contributed by atoms with E-state index < -0.39 is 0 Å². The van der Waals surface area contributed by atoms with E-state index in [1.165, 1.54) is 22.8 Å². The van der Waals surface area contributed by atoms with Crippen LogP contribution in [0, 0.1) is 26.6 Å². The molecule has 0 aliphatic carbocycles. The number of rotatable bonds is 4. The standard InChI is InChI=1S/C17H20BrFN2/c1-10-6-11(2)17(12(3)7-10)16(21-20)9-13-8-14(18)4-5-15(13)19/h4-8,16,21H,9,20H2,1-3H3. The van der Waals surface area contributed by atoms with Gasteiger partial charge in [-0.25, -0.2) is 4.39 Å². The van der Waals surface area contributed by atoms with Gasteiger partial charge in [0.1, 0.15) is 5.82 Å². The summed E-state index contributed by atoms with van der Waals surface area (Å²) in [6.07, 6.45) is 0.506. The van der Waals surface area contributed by atoms with Gasteiger partial charge in [-0.05, 0) is 67.6 Å². The van der Waals surface area contributed by atoms with E-state index in [4.69, 9.17) is 5.84 Å². The summed E-state index contributed by atoms with van der Waals surface area (Å²) < 4.78 is 14.8. The number of hydrazine groups is 1. The second-order valence-corrected chi connectivity index (χ2v) is 6.39. The molecule has 0 radical (unpaired) electrons. The second kappa shape index (κ2) is 6.69. The van der Waals surface area contributed by atoms with Crippen molar-refractivity contribution in [3.8, 4) is 0 Å². The lowest BCUT2D eigenvalue weighted by Crippen LogP contribution is -2.31. The van der Waals surface area contributed by atoms with Crippen molar-refractivity contribution in [2.75, 3.05) is 0 Å². The molecule has 112 valence electrons. The Morgan fingerprint density at radius 2 is 1.76 bits per heavy atom. The van der Waals surface area contributed by atoms with E-state index in [-0.39, 0.29) is 11.9 Å². The molecule has 0 amide bonds. The first-order chi connectivity index (χ1) is 9.92. The van der Waals surface area contributed by atoms with E-state index in [2.05, 4.69) is 54.3 Å². The molecule has 2 nitrogen and oxygen atoms in total. The number of halogens is 2. The van der Waals surface area contributed by atoms with Crippen molar-refractivity contribution in [3.05, 3.63) is 68.4 Å². The molecule has 4 heteroatoms. The molecule has 21 heavy (non-hydrogen) atoms. The van der Waals surface area contributed by atoms with Crippen LogP contribution in [0.25, 0.3) is 0 Å². The molecule has 0 spiro atoms. The van der Waals surface area contributed by atoms with Crippen molar-refractivity contribution in [1.29, 1.82) is 0 Å². The number of hydrogen-bond donors (Lipinski definition) is 2. The quantitative estimate of drug-likeness (QED) is 0.638. The first kappa shape index (κ1) is 16.1. The summed E-state index contributed by atoms with van der Waals surface area (Å²) in [6, 6.07) is 9.12. The van der Waals surface area contributed by atoms with E-state index in [9.17, 15) is 4.39 Å². The zero-order valence-electron chi connectivity index (χ0n) is 12.5. The van der Waals surface area contributed by atoms with Crippen LogP contribution in [0.15, 0.2) is 34.8 Å². The molecule has 0 heterocycles. The Hall–Kier alpha value is -1.23. The molecule has 1 unspecified atom stereocenters. The third kappa shape index (κ3) is 3.70. The van der Waals surface area contributed by atoms with E-state index in [1.54, 1.807) is 12.1 Å².